The second kappa shape index (κ2) is 8.58. The zero-order valence-electron chi connectivity index (χ0n) is 11.2. The van der Waals surface area contributed by atoms with Crippen molar-refractivity contribution in [1.82, 2.24) is 9.97 Å². The molecule has 0 saturated heterocycles. The van der Waals surface area contributed by atoms with Crippen molar-refractivity contribution in [2.75, 3.05) is 36.9 Å². The Bertz CT molecular complexity index is 377. The lowest BCUT2D eigenvalue weighted by Crippen LogP contribution is -2.15. The summed E-state index contributed by atoms with van der Waals surface area (Å²) in [4.78, 5) is 8.27. The third-order valence-corrected chi connectivity index (χ3v) is 2.41. The molecule has 0 fully saturated rings. The molecule has 0 aliphatic rings. The molecule has 7 heteroatoms. The van der Waals surface area contributed by atoms with Crippen LogP contribution in [-0.4, -0.2) is 42.7 Å². The number of ether oxygens (including phenoxy) is 1. The first-order chi connectivity index (χ1) is 9.15. The fourth-order valence-corrected chi connectivity index (χ4v) is 1.46. The van der Waals surface area contributed by atoms with Crippen molar-refractivity contribution in [3.63, 3.8) is 0 Å². The van der Waals surface area contributed by atoms with Gasteiger partial charge in [0.1, 0.15) is 24.6 Å². The highest BCUT2D eigenvalue weighted by Crippen LogP contribution is 2.17. The van der Waals surface area contributed by atoms with Gasteiger partial charge in [0.2, 0.25) is 0 Å². The van der Waals surface area contributed by atoms with Gasteiger partial charge >= 0.3 is 0 Å². The largest absolute Gasteiger partial charge is 0.374 e. The van der Waals surface area contributed by atoms with Crippen molar-refractivity contribution in [2.45, 2.75) is 26.7 Å². The van der Waals surface area contributed by atoms with E-state index in [0.29, 0.717) is 12.4 Å². The van der Waals surface area contributed by atoms with Crippen LogP contribution in [0.2, 0.25) is 0 Å². The van der Waals surface area contributed by atoms with Crippen molar-refractivity contribution in [2.24, 2.45) is 0 Å². The van der Waals surface area contributed by atoms with Gasteiger partial charge in [0, 0.05) is 18.7 Å². The SMILES string of the molecule is CCCNc1ncnc(NCCOCC(F)F)c1C. The quantitative estimate of drug-likeness (QED) is 0.677. The standard InChI is InChI=1S/C12H20F2N4O/c1-3-4-15-11-9(2)12(18-8-17-11)16-5-6-19-7-10(13)14/h8,10H,3-7H2,1-2H3,(H2,15,16,17,18). The van der Waals surface area contributed by atoms with Crippen molar-refractivity contribution >= 4 is 11.6 Å². The van der Waals surface area contributed by atoms with Gasteiger partial charge in [0.25, 0.3) is 6.43 Å². The zero-order chi connectivity index (χ0) is 14.1. The summed E-state index contributed by atoms with van der Waals surface area (Å²) in [6.45, 7) is 4.93. The molecule has 0 radical (unpaired) electrons. The van der Waals surface area contributed by atoms with Gasteiger partial charge in [-0.3, -0.25) is 0 Å². The fourth-order valence-electron chi connectivity index (χ4n) is 1.46. The molecule has 0 aromatic carbocycles. The van der Waals surface area contributed by atoms with Crippen LogP contribution in [0.15, 0.2) is 6.33 Å². The Morgan fingerprint density at radius 3 is 2.42 bits per heavy atom. The normalized spacial score (nSPS) is 10.8. The molecule has 1 aromatic heterocycles. The molecule has 108 valence electrons. The van der Waals surface area contributed by atoms with Crippen molar-refractivity contribution in [3.05, 3.63) is 11.9 Å². The first-order valence-corrected chi connectivity index (χ1v) is 6.30. The van der Waals surface area contributed by atoms with E-state index in [9.17, 15) is 8.78 Å². The molecule has 0 spiro atoms. The van der Waals surface area contributed by atoms with Gasteiger partial charge in [0.15, 0.2) is 0 Å². The van der Waals surface area contributed by atoms with Crippen molar-refractivity contribution < 1.29 is 13.5 Å². The predicted octanol–water partition coefficient (Wildman–Crippen LogP) is 2.30. The van der Waals surface area contributed by atoms with E-state index in [2.05, 4.69) is 27.5 Å². The van der Waals surface area contributed by atoms with E-state index in [-0.39, 0.29) is 6.61 Å². The van der Waals surface area contributed by atoms with E-state index in [0.717, 1.165) is 24.3 Å². The summed E-state index contributed by atoms with van der Waals surface area (Å²) in [5.41, 5.74) is 0.907. The zero-order valence-corrected chi connectivity index (χ0v) is 11.2. The molecule has 1 rings (SSSR count). The Morgan fingerprint density at radius 2 is 1.84 bits per heavy atom. The van der Waals surface area contributed by atoms with E-state index in [1.165, 1.54) is 6.33 Å². The molecule has 19 heavy (non-hydrogen) atoms. The molecule has 0 atom stereocenters. The van der Waals surface area contributed by atoms with Gasteiger partial charge in [0.05, 0.1) is 6.61 Å². The predicted molar refractivity (Wildman–Crippen MR) is 70.9 cm³/mol. The lowest BCUT2D eigenvalue weighted by molar-refractivity contribution is 0.0214. The maximum Gasteiger partial charge on any atom is 0.261 e. The third kappa shape index (κ3) is 5.78. The van der Waals surface area contributed by atoms with Crippen molar-refractivity contribution in [3.8, 4) is 0 Å². The average molecular weight is 274 g/mol. The van der Waals surface area contributed by atoms with E-state index in [1.54, 1.807) is 0 Å². The molecular formula is C12H20F2N4O. The first-order valence-electron chi connectivity index (χ1n) is 6.30. The van der Waals surface area contributed by atoms with Gasteiger partial charge in [-0.05, 0) is 13.3 Å². The van der Waals surface area contributed by atoms with E-state index >= 15 is 0 Å². The lowest BCUT2D eigenvalue weighted by atomic mass is 10.3. The highest BCUT2D eigenvalue weighted by Gasteiger charge is 2.06. The lowest BCUT2D eigenvalue weighted by Gasteiger charge is -2.12. The second-order valence-corrected chi connectivity index (χ2v) is 4.02. The van der Waals surface area contributed by atoms with Crippen LogP contribution in [0.4, 0.5) is 20.4 Å². The maximum atomic E-state index is 11.8. The topological polar surface area (TPSA) is 59.1 Å². The number of nitrogens with one attached hydrogen (secondary N) is 2. The summed E-state index contributed by atoms with van der Waals surface area (Å²) in [5.74, 6) is 1.47. The van der Waals surface area contributed by atoms with Gasteiger partial charge in [-0.25, -0.2) is 18.7 Å². The van der Waals surface area contributed by atoms with Crippen molar-refractivity contribution in [1.29, 1.82) is 0 Å². The van der Waals surface area contributed by atoms with Gasteiger partial charge in [-0.2, -0.15) is 0 Å². The smallest absolute Gasteiger partial charge is 0.261 e. The molecule has 0 saturated carbocycles. The summed E-state index contributed by atoms with van der Waals surface area (Å²) >= 11 is 0. The molecule has 0 unspecified atom stereocenters. The van der Waals surface area contributed by atoms with Crippen LogP contribution in [0, 0.1) is 6.92 Å². The van der Waals surface area contributed by atoms with Crippen LogP contribution in [0.5, 0.6) is 0 Å². The van der Waals surface area contributed by atoms with Crippen LogP contribution < -0.4 is 10.6 Å². The van der Waals surface area contributed by atoms with Crippen LogP contribution in [0.3, 0.4) is 0 Å². The van der Waals surface area contributed by atoms with E-state index < -0.39 is 13.0 Å². The van der Waals surface area contributed by atoms with Crippen LogP contribution >= 0.6 is 0 Å². The minimum Gasteiger partial charge on any atom is -0.374 e. The average Bonchev–Trinajstić information content (AvgIpc) is 2.38. The second-order valence-electron chi connectivity index (χ2n) is 4.02. The molecule has 2 N–H and O–H groups in total. The number of halogens is 2. The number of anilines is 2. The number of nitrogens with zero attached hydrogens (tertiary/aromatic N) is 2. The van der Waals surface area contributed by atoms with Gasteiger partial charge in [-0.1, -0.05) is 6.92 Å². The summed E-state index contributed by atoms with van der Waals surface area (Å²) in [6.07, 6.45) is 0.0479. The number of aromatic nitrogens is 2. The Balaban J connectivity index is 2.40. The van der Waals surface area contributed by atoms with Crippen LogP contribution in [0.25, 0.3) is 0 Å². The monoisotopic (exact) mass is 274 g/mol. The summed E-state index contributed by atoms with van der Waals surface area (Å²) < 4.78 is 28.5. The number of rotatable bonds is 9. The Morgan fingerprint density at radius 1 is 1.21 bits per heavy atom. The molecule has 1 aromatic rings. The van der Waals surface area contributed by atoms with Gasteiger partial charge < -0.3 is 15.4 Å². The summed E-state index contributed by atoms with van der Waals surface area (Å²) in [6, 6.07) is 0. The third-order valence-electron chi connectivity index (χ3n) is 2.41. The van der Waals surface area contributed by atoms with Gasteiger partial charge in [-0.15, -0.1) is 0 Å². The number of alkyl halides is 2. The molecule has 0 bridgehead atoms. The Hall–Kier alpha value is -1.50. The fraction of sp³-hybridized carbons (Fsp3) is 0.667. The molecular weight excluding hydrogens is 254 g/mol. The first kappa shape index (κ1) is 15.6. The summed E-state index contributed by atoms with van der Waals surface area (Å²) in [5, 5.41) is 6.24. The highest BCUT2D eigenvalue weighted by molar-refractivity contribution is 5.56. The molecule has 0 amide bonds. The molecule has 0 aliphatic heterocycles. The molecule has 5 nitrogen and oxygen atoms in total. The summed E-state index contributed by atoms with van der Waals surface area (Å²) in [7, 11) is 0. The minimum absolute atomic E-state index is 0.214. The Labute approximate surface area is 111 Å². The van der Waals surface area contributed by atoms with E-state index in [4.69, 9.17) is 4.74 Å². The molecule has 0 aliphatic carbocycles. The van der Waals surface area contributed by atoms with Crippen LogP contribution in [0.1, 0.15) is 18.9 Å². The highest BCUT2D eigenvalue weighted by atomic mass is 19.3. The number of hydrogen-bond donors (Lipinski definition) is 2. The Kier molecular flexibility index (Phi) is 7.02. The molecule has 1 heterocycles. The van der Waals surface area contributed by atoms with Crippen LogP contribution in [-0.2, 0) is 4.74 Å². The maximum absolute atomic E-state index is 11.8. The minimum atomic E-state index is -2.43. The number of hydrogen-bond acceptors (Lipinski definition) is 5. The van der Waals surface area contributed by atoms with E-state index in [1.807, 2.05) is 6.92 Å².